The van der Waals surface area contributed by atoms with Crippen molar-refractivity contribution < 1.29 is 17.9 Å². The van der Waals surface area contributed by atoms with E-state index in [4.69, 9.17) is 4.74 Å². The van der Waals surface area contributed by atoms with Crippen LogP contribution in [0.5, 0.6) is 0 Å². The van der Waals surface area contributed by atoms with Crippen LogP contribution >= 0.6 is 0 Å². The minimum Gasteiger partial charge on any atom is -0.381 e. The predicted octanol–water partition coefficient (Wildman–Crippen LogP) is 1.92. The Balaban J connectivity index is 2.32. The minimum absolute atomic E-state index is 0.231. The fourth-order valence-corrected chi connectivity index (χ4v) is 2.51. The summed E-state index contributed by atoms with van der Waals surface area (Å²) >= 11 is 0. The smallest absolute Gasteiger partial charge is 0.315 e. The van der Waals surface area contributed by atoms with Gasteiger partial charge in [-0.25, -0.2) is 13.2 Å². The Morgan fingerprint density at radius 2 is 1.92 bits per heavy atom. The van der Waals surface area contributed by atoms with Crippen LogP contribution in [-0.2, 0) is 21.3 Å². The van der Waals surface area contributed by atoms with E-state index in [1.165, 1.54) is 0 Å². The van der Waals surface area contributed by atoms with Crippen LogP contribution in [-0.4, -0.2) is 40.5 Å². The average Bonchev–Trinajstić information content (AvgIpc) is 2.48. The number of urea groups is 1. The van der Waals surface area contributed by atoms with Crippen molar-refractivity contribution >= 4 is 21.7 Å². The maximum atomic E-state index is 11.8. The quantitative estimate of drug-likeness (QED) is 0.557. The van der Waals surface area contributed by atoms with Gasteiger partial charge in [0.15, 0.2) is 0 Å². The molecule has 0 aliphatic rings. The molecule has 0 atom stereocenters. The Bertz CT molecular complexity index is 618. The van der Waals surface area contributed by atoms with Crippen LogP contribution in [0.25, 0.3) is 0 Å². The molecule has 0 radical (unpaired) electrons. The standard InChI is InChI=1S/C16H27N3O4S/c1-13(2)12-23-10-6-9-17-16(20)18-11-14-7-4-5-8-15(14)19-24(3,21)22/h4-5,7-8,13,19H,6,9-12H2,1-3H3,(H2,17,18,20). The Kier molecular flexibility index (Phi) is 8.56. The number of carbonyl (C=O) groups excluding carboxylic acids is 1. The van der Waals surface area contributed by atoms with Crippen LogP contribution in [0.2, 0.25) is 0 Å². The largest absolute Gasteiger partial charge is 0.381 e. The first-order valence-electron chi connectivity index (χ1n) is 7.93. The van der Waals surface area contributed by atoms with E-state index in [1.54, 1.807) is 24.3 Å². The third-order valence-corrected chi connectivity index (χ3v) is 3.55. The van der Waals surface area contributed by atoms with Crippen molar-refractivity contribution in [3.63, 3.8) is 0 Å². The fourth-order valence-electron chi connectivity index (χ4n) is 1.91. The molecule has 0 aromatic heterocycles. The first-order valence-corrected chi connectivity index (χ1v) is 9.82. The molecule has 1 aromatic carbocycles. The van der Waals surface area contributed by atoms with Gasteiger partial charge in [-0.2, -0.15) is 0 Å². The molecule has 8 heteroatoms. The number of benzene rings is 1. The van der Waals surface area contributed by atoms with Crippen molar-refractivity contribution in [2.75, 3.05) is 30.7 Å². The van der Waals surface area contributed by atoms with Crippen LogP contribution in [0.3, 0.4) is 0 Å². The molecule has 0 bridgehead atoms. The summed E-state index contributed by atoms with van der Waals surface area (Å²) in [6.45, 7) is 6.25. The highest BCUT2D eigenvalue weighted by atomic mass is 32.2. The van der Waals surface area contributed by atoms with Gasteiger partial charge >= 0.3 is 6.03 Å². The van der Waals surface area contributed by atoms with Crippen molar-refractivity contribution in [2.24, 2.45) is 5.92 Å². The molecule has 1 aromatic rings. The molecule has 1 rings (SSSR count). The Morgan fingerprint density at radius 1 is 1.21 bits per heavy atom. The molecule has 0 heterocycles. The molecule has 136 valence electrons. The highest BCUT2D eigenvalue weighted by Gasteiger charge is 2.08. The highest BCUT2D eigenvalue weighted by molar-refractivity contribution is 7.92. The van der Waals surface area contributed by atoms with Gasteiger partial charge < -0.3 is 15.4 Å². The summed E-state index contributed by atoms with van der Waals surface area (Å²) in [5.74, 6) is 0.502. The van der Waals surface area contributed by atoms with Gasteiger partial charge in [-0.1, -0.05) is 32.0 Å². The molecule has 0 saturated heterocycles. The van der Waals surface area contributed by atoms with Gasteiger partial charge in [-0.15, -0.1) is 0 Å². The molecule has 24 heavy (non-hydrogen) atoms. The molecule has 0 aliphatic heterocycles. The normalized spacial score (nSPS) is 11.3. The molecular formula is C16H27N3O4S. The lowest BCUT2D eigenvalue weighted by atomic mass is 10.2. The van der Waals surface area contributed by atoms with E-state index in [-0.39, 0.29) is 12.6 Å². The van der Waals surface area contributed by atoms with Crippen molar-refractivity contribution in [2.45, 2.75) is 26.8 Å². The van der Waals surface area contributed by atoms with Gasteiger partial charge in [0.1, 0.15) is 0 Å². The van der Waals surface area contributed by atoms with Crippen molar-refractivity contribution in [1.29, 1.82) is 0 Å². The molecule has 0 aliphatic carbocycles. The summed E-state index contributed by atoms with van der Waals surface area (Å²) in [5.41, 5.74) is 1.15. The van der Waals surface area contributed by atoms with Gasteiger partial charge in [0.25, 0.3) is 0 Å². The average molecular weight is 357 g/mol. The minimum atomic E-state index is -3.36. The molecular weight excluding hydrogens is 330 g/mol. The number of para-hydroxylation sites is 1. The summed E-state index contributed by atoms with van der Waals surface area (Å²) in [5, 5.41) is 5.45. The maximum Gasteiger partial charge on any atom is 0.315 e. The molecule has 2 amide bonds. The second kappa shape index (κ2) is 10.1. The lowest BCUT2D eigenvalue weighted by Gasteiger charge is -2.12. The second-order valence-electron chi connectivity index (χ2n) is 5.96. The number of ether oxygens (including phenoxy) is 1. The maximum absolute atomic E-state index is 11.8. The van der Waals surface area contributed by atoms with Crippen LogP contribution in [0.15, 0.2) is 24.3 Å². The number of rotatable bonds is 10. The number of hydrogen-bond donors (Lipinski definition) is 3. The zero-order valence-electron chi connectivity index (χ0n) is 14.5. The molecule has 0 spiro atoms. The van der Waals surface area contributed by atoms with Crippen LogP contribution in [0.1, 0.15) is 25.8 Å². The monoisotopic (exact) mass is 357 g/mol. The lowest BCUT2D eigenvalue weighted by Crippen LogP contribution is -2.36. The first-order chi connectivity index (χ1) is 11.3. The van der Waals surface area contributed by atoms with Crippen molar-refractivity contribution in [3.05, 3.63) is 29.8 Å². The number of carbonyl (C=O) groups is 1. The van der Waals surface area contributed by atoms with E-state index in [0.29, 0.717) is 30.3 Å². The number of nitrogens with one attached hydrogen (secondary N) is 3. The van der Waals surface area contributed by atoms with Crippen LogP contribution in [0, 0.1) is 5.92 Å². The number of amides is 2. The van der Waals surface area contributed by atoms with E-state index in [9.17, 15) is 13.2 Å². The molecule has 3 N–H and O–H groups in total. The third-order valence-electron chi connectivity index (χ3n) is 2.95. The van der Waals surface area contributed by atoms with E-state index in [1.807, 2.05) is 0 Å². The molecule has 0 saturated carbocycles. The van der Waals surface area contributed by atoms with Crippen molar-refractivity contribution in [3.8, 4) is 0 Å². The van der Waals surface area contributed by atoms with E-state index >= 15 is 0 Å². The topological polar surface area (TPSA) is 96.5 Å². The van der Waals surface area contributed by atoms with Gasteiger partial charge in [0, 0.05) is 26.3 Å². The van der Waals surface area contributed by atoms with Crippen LogP contribution in [0.4, 0.5) is 10.5 Å². The Labute approximate surface area is 144 Å². The molecule has 0 unspecified atom stereocenters. The molecule has 0 fully saturated rings. The van der Waals surface area contributed by atoms with Crippen molar-refractivity contribution in [1.82, 2.24) is 10.6 Å². The third kappa shape index (κ3) is 9.36. The zero-order chi connectivity index (χ0) is 18.0. The Hall–Kier alpha value is -1.80. The number of anilines is 1. The number of hydrogen-bond acceptors (Lipinski definition) is 4. The molecule has 7 nitrogen and oxygen atoms in total. The zero-order valence-corrected chi connectivity index (χ0v) is 15.3. The SMILES string of the molecule is CC(C)COCCCNC(=O)NCc1ccccc1NS(C)(=O)=O. The van der Waals surface area contributed by atoms with Gasteiger partial charge in [0.2, 0.25) is 10.0 Å². The number of sulfonamides is 1. The lowest BCUT2D eigenvalue weighted by molar-refractivity contribution is 0.108. The summed E-state index contributed by atoms with van der Waals surface area (Å²) < 4.78 is 30.5. The van der Waals surface area contributed by atoms with E-state index < -0.39 is 10.0 Å². The summed E-state index contributed by atoms with van der Waals surface area (Å²) in [4.78, 5) is 11.8. The fraction of sp³-hybridized carbons (Fsp3) is 0.562. The summed E-state index contributed by atoms with van der Waals surface area (Å²) in [7, 11) is -3.36. The second-order valence-corrected chi connectivity index (χ2v) is 7.71. The van der Waals surface area contributed by atoms with Gasteiger partial charge in [0.05, 0.1) is 11.9 Å². The highest BCUT2D eigenvalue weighted by Crippen LogP contribution is 2.15. The van der Waals surface area contributed by atoms with Gasteiger partial charge in [-0.05, 0) is 24.0 Å². The summed E-state index contributed by atoms with van der Waals surface area (Å²) in [6.07, 6.45) is 1.83. The summed E-state index contributed by atoms with van der Waals surface area (Å²) in [6, 6.07) is 6.63. The van der Waals surface area contributed by atoms with E-state index in [0.717, 1.165) is 19.3 Å². The van der Waals surface area contributed by atoms with Gasteiger partial charge in [-0.3, -0.25) is 4.72 Å². The predicted molar refractivity (Wildman–Crippen MR) is 95.4 cm³/mol. The Morgan fingerprint density at radius 3 is 2.58 bits per heavy atom. The van der Waals surface area contributed by atoms with Crippen LogP contribution < -0.4 is 15.4 Å². The first kappa shape index (κ1) is 20.2. The van der Waals surface area contributed by atoms with E-state index in [2.05, 4.69) is 29.2 Å².